The van der Waals surface area contributed by atoms with Crippen LogP contribution in [0.2, 0.25) is 0 Å². The fraction of sp³-hybridized carbons (Fsp3) is 0.375. The Kier molecular flexibility index (Phi) is 6.07. The van der Waals surface area contributed by atoms with E-state index in [2.05, 4.69) is 15.7 Å². The number of amides is 1. The maximum atomic E-state index is 13.1. The fourth-order valence-corrected chi connectivity index (χ4v) is 3.96. The van der Waals surface area contributed by atoms with Gasteiger partial charge in [0.1, 0.15) is 5.54 Å². The molecule has 1 amide bonds. The van der Waals surface area contributed by atoms with Crippen LogP contribution in [-0.2, 0) is 20.4 Å². The number of aromatic nitrogens is 2. The van der Waals surface area contributed by atoms with E-state index in [1.807, 2.05) is 0 Å². The first kappa shape index (κ1) is 20.4. The predicted octanol–water partition coefficient (Wildman–Crippen LogP) is 0.978. The second-order valence-corrected chi connectivity index (χ2v) is 7.74. The van der Waals surface area contributed by atoms with Gasteiger partial charge in [0, 0.05) is 18.1 Å². The van der Waals surface area contributed by atoms with Crippen LogP contribution in [0.15, 0.2) is 41.6 Å². The summed E-state index contributed by atoms with van der Waals surface area (Å²) < 4.78 is 25.1. The van der Waals surface area contributed by atoms with Crippen molar-refractivity contribution in [3.63, 3.8) is 0 Å². The number of nitrogens with one attached hydrogen (secondary N) is 2. The van der Waals surface area contributed by atoms with E-state index in [0.29, 0.717) is 37.2 Å². The molecular weight excluding hydrogens is 378 g/mol. The van der Waals surface area contributed by atoms with Gasteiger partial charge in [-0.15, -0.1) is 12.4 Å². The van der Waals surface area contributed by atoms with Crippen LogP contribution in [-0.4, -0.2) is 37.2 Å². The van der Waals surface area contributed by atoms with Crippen molar-refractivity contribution in [2.45, 2.75) is 30.2 Å². The topological polar surface area (TPSA) is 119 Å². The van der Waals surface area contributed by atoms with Crippen LogP contribution in [0.4, 0.5) is 5.69 Å². The molecule has 2 heterocycles. The number of rotatable bonds is 4. The van der Waals surface area contributed by atoms with E-state index >= 15 is 0 Å². The molecule has 142 valence electrons. The maximum absolute atomic E-state index is 13.1. The Balaban J connectivity index is 0.00000243. The summed E-state index contributed by atoms with van der Waals surface area (Å²) in [5.74, 6) is -0.220. The zero-order valence-corrected chi connectivity index (χ0v) is 15.9. The molecule has 1 aliphatic rings. The first-order valence-corrected chi connectivity index (χ1v) is 9.53. The van der Waals surface area contributed by atoms with Gasteiger partial charge in [-0.25, -0.2) is 13.6 Å². The van der Waals surface area contributed by atoms with Crippen molar-refractivity contribution in [2.75, 3.05) is 18.4 Å². The van der Waals surface area contributed by atoms with Gasteiger partial charge in [-0.1, -0.05) is 6.07 Å². The number of halogens is 1. The van der Waals surface area contributed by atoms with Crippen molar-refractivity contribution in [2.24, 2.45) is 5.14 Å². The van der Waals surface area contributed by atoms with E-state index in [1.54, 1.807) is 42.2 Å². The Morgan fingerprint density at radius 2 is 2.04 bits per heavy atom. The lowest BCUT2D eigenvalue weighted by atomic mass is 9.87. The van der Waals surface area contributed by atoms with E-state index in [1.165, 1.54) is 6.07 Å². The highest BCUT2D eigenvalue weighted by atomic mass is 35.5. The first-order valence-electron chi connectivity index (χ1n) is 7.99. The van der Waals surface area contributed by atoms with Gasteiger partial charge in [-0.2, -0.15) is 5.10 Å². The molecule has 1 aromatic heterocycles. The molecule has 4 N–H and O–H groups in total. The average molecular weight is 400 g/mol. The number of carbonyl (C=O) groups is 1. The van der Waals surface area contributed by atoms with Gasteiger partial charge in [0.15, 0.2) is 0 Å². The van der Waals surface area contributed by atoms with Gasteiger partial charge in [0.05, 0.1) is 4.90 Å². The summed E-state index contributed by atoms with van der Waals surface area (Å²) >= 11 is 0. The molecule has 0 aliphatic carbocycles. The number of hydrogen-bond acceptors (Lipinski definition) is 5. The molecule has 1 saturated heterocycles. The summed E-state index contributed by atoms with van der Waals surface area (Å²) in [4.78, 5) is 13.1. The van der Waals surface area contributed by atoms with Crippen LogP contribution in [0.3, 0.4) is 0 Å². The Labute approximate surface area is 158 Å². The molecule has 0 atom stereocenters. The molecule has 26 heavy (non-hydrogen) atoms. The highest BCUT2D eigenvalue weighted by Crippen LogP contribution is 2.29. The minimum atomic E-state index is -3.85. The Morgan fingerprint density at radius 1 is 1.35 bits per heavy atom. The third-order valence-electron chi connectivity index (χ3n) is 4.55. The molecule has 1 aromatic carbocycles. The number of sulfonamides is 1. The van der Waals surface area contributed by atoms with Crippen molar-refractivity contribution in [1.82, 2.24) is 15.1 Å². The first-order chi connectivity index (χ1) is 11.8. The standard InChI is InChI=1S/C16H21N5O3S.ClH/c1-12-3-4-13(11-14(12)25(17,23)24)20-15(22)16(5-8-18-9-6-16)21-10-2-7-19-21;/h2-4,7,10-11,18H,5-6,8-9H2,1H3,(H,20,22)(H2,17,23,24);1H. The lowest BCUT2D eigenvalue weighted by molar-refractivity contribution is -0.126. The third kappa shape index (κ3) is 3.90. The summed E-state index contributed by atoms with van der Waals surface area (Å²) in [6, 6.07) is 6.46. The molecular formula is C16H22ClN5O3S. The molecule has 3 rings (SSSR count). The summed E-state index contributed by atoms with van der Waals surface area (Å²) in [7, 11) is -3.85. The van der Waals surface area contributed by atoms with Crippen LogP contribution in [0.25, 0.3) is 0 Å². The molecule has 2 aromatic rings. The van der Waals surface area contributed by atoms with Gasteiger partial charge in [-0.3, -0.25) is 9.48 Å². The lowest BCUT2D eigenvalue weighted by Crippen LogP contribution is -2.52. The van der Waals surface area contributed by atoms with E-state index in [4.69, 9.17) is 5.14 Å². The molecule has 8 nitrogen and oxygen atoms in total. The molecule has 0 radical (unpaired) electrons. The summed E-state index contributed by atoms with van der Waals surface area (Å²) in [5, 5.41) is 15.6. The van der Waals surface area contributed by atoms with Crippen molar-refractivity contribution in [3.05, 3.63) is 42.2 Å². The van der Waals surface area contributed by atoms with E-state index in [-0.39, 0.29) is 23.2 Å². The predicted molar refractivity (Wildman–Crippen MR) is 101 cm³/mol. The van der Waals surface area contributed by atoms with Crippen molar-refractivity contribution < 1.29 is 13.2 Å². The second kappa shape index (κ2) is 7.75. The van der Waals surface area contributed by atoms with Crippen LogP contribution < -0.4 is 15.8 Å². The van der Waals surface area contributed by atoms with Gasteiger partial charge >= 0.3 is 0 Å². The zero-order valence-electron chi connectivity index (χ0n) is 14.3. The number of carbonyl (C=O) groups excluding carboxylic acids is 1. The van der Waals surface area contributed by atoms with E-state index in [9.17, 15) is 13.2 Å². The van der Waals surface area contributed by atoms with Gasteiger partial charge in [0.2, 0.25) is 10.0 Å². The Bertz CT molecular complexity index is 877. The van der Waals surface area contributed by atoms with Crippen LogP contribution in [0, 0.1) is 6.92 Å². The number of benzene rings is 1. The third-order valence-corrected chi connectivity index (χ3v) is 5.60. The number of anilines is 1. The number of nitrogens with two attached hydrogens (primary N) is 1. The van der Waals surface area contributed by atoms with Gasteiger partial charge in [-0.05, 0) is 56.6 Å². The minimum Gasteiger partial charge on any atom is -0.324 e. The monoisotopic (exact) mass is 399 g/mol. The number of nitrogens with zero attached hydrogens (tertiary/aromatic N) is 2. The van der Waals surface area contributed by atoms with Gasteiger partial charge < -0.3 is 10.6 Å². The second-order valence-electron chi connectivity index (χ2n) is 6.21. The number of aryl methyl sites for hydroxylation is 1. The zero-order chi connectivity index (χ0) is 18.1. The SMILES string of the molecule is Cc1ccc(NC(=O)C2(n3cccn3)CCNCC2)cc1S(N)(=O)=O.Cl. The molecule has 0 saturated carbocycles. The average Bonchev–Trinajstić information content (AvgIpc) is 3.11. The summed E-state index contributed by atoms with van der Waals surface area (Å²) in [5.41, 5.74) is 0.121. The highest BCUT2D eigenvalue weighted by Gasteiger charge is 2.42. The molecule has 0 spiro atoms. The smallest absolute Gasteiger partial charge is 0.252 e. The number of piperidine rings is 1. The van der Waals surface area contributed by atoms with Crippen LogP contribution in [0.1, 0.15) is 18.4 Å². The van der Waals surface area contributed by atoms with Crippen LogP contribution in [0.5, 0.6) is 0 Å². The van der Waals surface area contributed by atoms with Crippen molar-refractivity contribution in [1.29, 1.82) is 0 Å². The van der Waals surface area contributed by atoms with E-state index < -0.39 is 15.6 Å². The van der Waals surface area contributed by atoms with Crippen molar-refractivity contribution in [3.8, 4) is 0 Å². The van der Waals surface area contributed by atoms with E-state index in [0.717, 1.165) is 0 Å². The lowest BCUT2D eigenvalue weighted by Gasteiger charge is -2.36. The molecule has 1 fully saturated rings. The fourth-order valence-electron chi connectivity index (χ4n) is 3.15. The highest BCUT2D eigenvalue weighted by molar-refractivity contribution is 7.89. The maximum Gasteiger partial charge on any atom is 0.252 e. The largest absolute Gasteiger partial charge is 0.324 e. The minimum absolute atomic E-state index is 0. The van der Waals surface area contributed by atoms with Gasteiger partial charge in [0.25, 0.3) is 5.91 Å². The number of primary sulfonamides is 1. The normalized spacial score (nSPS) is 16.5. The summed E-state index contributed by atoms with van der Waals surface area (Å²) in [6.45, 7) is 3.05. The molecule has 1 aliphatic heterocycles. The molecule has 0 unspecified atom stereocenters. The van der Waals surface area contributed by atoms with Crippen molar-refractivity contribution >= 4 is 34.0 Å². The number of hydrogen-bond donors (Lipinski definition) is 3. The van der Waals surface area contributed by atoms with Crippen LogP contribution >= 0.6 is 12.4 Å². The summed E-state index contributed by atoms with van der Waals surface area (Å²) in [6.07, 6.45) is 4.60. The molecule has 10 heteroatoms. The quantitative estimate of drug-likeness (QED) is 0.707. The Morgan fingerprint density at radius 3 is 2.62 bits per heavy atom. The molecule has 0 bridgehead atoms. The Hall–Kier alpha value is -1.94.